The number of aryl methyl sites for hydroxylation is 1. The molecule has 0 aromatic carbocycles. The van der Waals surface area contributed by atoms with E-state index in [1.165, 1.54) is 37.0 Å². The number of fused-ring (bicyclic) bond motifs is 2. The number of hydrogen-bond acceptors (Lipinski definition) is 5. The number of likely N-dealkylation sites (N-methyl/N-ethyl adjacent to an activating group) is 1. The molecule has 0 spiro atoms. The number of nitrogens with one attached hydrogen (secondary N) is 2. The number of rotatable bonds is 5. The second-order valence-electron chi connectivity index (χ2n) is 6.17. The molecular weight excluding hydrogens is 284 g/mol. The molecule has 2 atom stereocenters. The fourth-order valence-electron chi connectivity index (χ4n) is 3.58. The third-order valence-corrected chi connectivity index (χ3v) is 5.46. The van der Waals surface area contributed by atoms with E-state index in [4.69, 9.17) is 0 Å². The Bertz CT molecular complexity index is 492. The average Bonchev–Trinajstić information content (AvgIpc) is 3.01. The molecule has 0 radical (unpaired) electrons. The van der Waals surface area contributed by atoms with Gasteiger partial charge in [-0.25, -0.2) is 4.98 Å². The Morgan fingerprint density at radius 3 is 2.76 bits per heavy atom. The fraction of sp³-hybridized carbons (Fsp3) is 0.733. The van der Waals surface area contributed by atoms with Crippen molar-refractivity contribution in [1.29, 1.82) is 0 Å². The highest BCUT2D eigenvalue weighted by Gasteiger charge is 2.36. The lowest BCUT2D eigenvalue weighted by Gasteiger charge is -2.36. The van der Waals surface area contributed by atoms with E-state index in [-0.39, 0.29) is 5.91 Å². The van der Waals surface area contributed by atoms with Gasteiger partial charge < -0.3 is 10.6 Å². The van der Waals surface area contributed by atoms with Crippen LogP contribution in [-0.4, -0.2) is 47.0 Å². The van der Waals surface area contributed by atoms with Gasteiger partial charge in [0.15, 0.2) is 5.13 Å². The summed E-state index contributed by atoms with van der Waals surface area (Å²) in [5.74, 6) is 0.0529. The van der Waals surface area contributed by atoms with E-state index in [1.807, 2.05) is 12.3 Å². The Morgan fingerprint density at radius 2 is 2.19 bits per heavy atom. The number of piperidine rings is 1. The van der Waals surface area contributed by atoms with E-state index in [2.05, 4.69) is 27.4 Å². The Kier molecular flexibility index (Phi) is 4.57. The Balaban J connectivity index is 1.55. The van der Waals surface area contributed by atoms with Crippen molar-refractivity contribution in [3.05, 3.63) is 11.1 Å². The molecule has 0 saturated carbocycles. The smallest absolute Gasteiger partial charge is 0.240 e. The molecule has 2 unspecified atom stereocenters. The summed E-state index contributed by atoms with van der Waals surface area (Å²) in [5.41, 5.74) is 0.956. The molecule has 21 heavy (non-hydrogen) atoms. The Morgan fingerprint density at radius 1 is 1.48 bits per heavy atom. The van der Waals surface area contributed by atoms with Crippen molar-refractivity contribution >= 4 is 22.4 Å². The largest absolute Gasteiger partial charge is 0.311 e. The van der Waals surface area contributed by atoms with E-state index >= 15 is 0 Å². The summed E-state index contributed by atoms with van der Waals surface area (Å²) in [4.78, 5) is 18.8. The van der Waals surface area contributed by atoms with Gasteiger partial charge >= 0.3 is 0 Å². The molecule has 3 rings (SSSR count). The molecule has 5 nitrogen and oxygen atoms in total. The zero-order chi connectivity index (χ0) is 14.8. The maximum atomic E-state index is 12.2. The van der Waals surface area contributed by atoms with E-state index in [9.17, 15) is 4.79 Å². The van der Waals surface area contributed by atoms with E-state index in [0.29, 0.717) is 29.8 Å². The lowest BCUT2D eigenvalue weighted by molar-refractivity contribution is -0.118. The zero-order valence-electron chi connectivity index (χ0n) is 12.8. The standard InChI is InChI=1S/C15H24N4OS/c1-3-19(13-6-11-4-5-12(7-13)17-11)8-14(20)18-15-16-10(2)9-21-15/h9,11-13,17H,3-8H2,1-2H3,(H,16,18,20). The highest BCUT2D eigenvalue weighted by atomic mass is 32.1. The van der Waals surface area contributed by atoms with Gasteiger partial charge in [-0.05, 0) is 39.2 Å². The van der Waals surface area contributed by atoms with Crippen LogP contribution in [0.1, 0.15) is 38.3 Å². The number of nitrogens with zero attached hydrogens (tertiary/aromatic N) is 2. The molecule has 2 bridgehead atoms. The van der Waals surface area contributed by atoms with Crippen LogP contribution < -0.4 is 10.6 Å². The van der Waals surface area contributed by atoms with E-state index in [1.54, 1.807) is 0 Å². The number of anilines is 1. The van der Waals surface area contributed by atoms with Crippen LogP contribution in [0, 0.1) is 6.92 Å². The first-order chi connectivity index (χ1) is 10.1. The number of aromatic nitrogens is 1. The summed E-state index contributed by atoms with van der Waals surface area (Å²) >= 11 is 1.49. The average molecular weight is 308 g/mol. The summed E-state index contributed by atoms with van der Waals surface area (Å²) in [6, 6.07) is 1.86. The molecule has 1 amide bonds. The number of thiazole rings is 1. The first-order valence-corrected chi connectivity index (χ1v) is 8.74. The van der Waals surface area contributed by atoms with Crippen molar-refractivity contribution in [3.63, 3.8) is 0 Å². The number of carbonyl (C=O) groups is 1. The van der Waals surface area contributed by atoms with Crippen LogP contribution >= 0.6 is 11.3 Å². The van der Waals surface area contributed by atoms with Crippen molar-refractivity contribution in [3.8, 4) is 0 Å². The van der Waals surface area contributed by atoms with Crippen LogP contribution in [0.4, 0.5) is 5.13 Å². The Hall–Kier alpha value is -0.980. The first kappa shape index (κ1) is 14.9. The summed E-state index contributed by atoms with van der Waals surface area (Å²) in [6.45, 7) is 5.48. The number of amides is 1. The molecule has 3 heterocycles. The zero-order valence-corrected chi connectivity index (χ0v) is 13.6. The van der Waals surface area contributed by atoms with Gasteiger partial charge in [-0.1, -0.05) is 6.92 Å². The van der Waals surface area contributed by atoms with Gasteiger partial charge in [0.2, 0.25) is 5.91 Å². The van der Waals surface area contributed by atoms with Gasteiger partial charge in [0.25, 0.3) is 0 Å². The third-order valence-electron chi connectivity index (χ3n) is 4.58. The topological polar surface area (TPSA) is 57.3 Å². The second kappa shape index (κ2) is 6.42. The maximum absolute atomic E-state index is 12.2. The highest BCUT2D eigenvalue weighted by Crippen LogP contribution is 2.29. The predicted molar refractivity (Wildman–Crippen MR) is 85.7 cm³/mol. The first-order valence-electron chi connectivity index (χ1n) is 7.86. The van der Waals surface area contributed by atoms with Crippen molar-refractivity contribution in [2.45, 2.75) is 57.7 Å². The molecule has 0 aliphatic carbocycles. The van der Waals surface area contributed by atoms with Crippen LogP contribution in [0.3, 0.4) is 0 Å². The van der Waals surface area contributed by atoms with Gasteiger partial charge in [-0.15, -0.1) is 11.3 Å². The molecule has 1 aromatic rings. The third kappa shape index (κ3) is 3.62. The number of hydrogen-bond donors (Lipinski definition) is 2. The molecule has 1 aromatic heterocycles. The lowest BCUT2D eigenvalue weighted by Crippen LogP contribution is -2.50. The molecule has 116 valence electrons. The van der Waals surface area contributed by atoms with Crippen molar-refractivity contribution in [2.24, 2.45) is 0 Å². The summed E-state index contributed by atoms with van der Waals surface area (Å²) < 4.78 is 0. The van der Waals surface area contributed by atoms with Crippen LogP contribution in [-0.2, 0) is 4.79 Å². The van der Waals surface area contributed by atoms with Crippen LogP contribution in [0.15, 0.2) is 5.38 Å². The predicted octanol–water partition coefficient (Wildman–Crippen LogP) is 1.99. The molecule has 2 fully saturated rings. The minimum Gasteiger partial charge on any atom is -0.311 e. The van der Waals surface area contributed by atoms with Gasteiger partial charge in [0, 0.05) is 23.5 Å². The van der Waals surface area contributed by atoms with Gasteiger partial charge in [0.1, 0.15) is 0 Å². The SMILES string of the molecule is CCN(CC(=O)Nc1nc(C)cs1)C1CC2CCC(C1)N2. The van der Waals surface area contributed by atoms with Crippen LogP contribution in [0.5, 0.6) is 0 Å². The molecule has 2 saturated heterocycles. The molecular formula is C15H24N4OS. The van der Waals surface area contributed by atoms with Gasteiger partial charge in [-0.2, -0.15) is 0 Å². The van der Waals surface area contributed by atoms with Gasteiger partial charge in [-0.3, -0.25) is 9.69 Å². The van der Waals surface area contributed by atoms with Crippen LogP contribution in [0.2, 0.25) is 0 Å². The minimum atomic E-state index is 0.0529. The molecule has 2 aliphatic heterocycles. The quantitative estimate of drug-likeness (QED) is 0.873. The molecule has 6 heteroatoms. The van der Waals surface area contributed by atoms with Crippen molar-refractivity contribution < 1.29 is 4.79 Å². The molecule has 2 aliphatic rings. The van der Waals surface area contributed by atoms with Crippen molar-refractivity contribution in [1.82, 2.24) is 15.2 Å². The summed E-state index contributed by atoms with van der Waals surface area (Å²) in [6.07, 6.45) is 4.94. The lowest BCUT2D eigenvalue weighted by atomic mass is 9.98. The maximum Gasteiger partial charge on any atom is 0.240 e. The normalized spacial score (nSPS) is 28.0. The highest BCUT2D eigenvalue weighted by molar-refractivity contribution is 7.13. The fourth-order valence-corrected chi connectivity index (χ4v) is 4.28. The Labute approximate surface area is 130 Å². The monoisotopic (exact) mass is 308 g/mol. The summed E-state index contributed by atoms with van der Waals surface area (Å²) in [7, 11) is 0. The van der Waals surface area contributed by atoms with Gasteiger partial charge in [0.05, 0.1) is 12.2 Å². The van der Waals surface area contributed by atoms with Crippen molar-refractivity contribution in [2.75, 3.05) is 18.4 Å². The molecule has 2 N–H and O–H groups in total. The van der Waals surface area contributed by atoms with Crippen LogP contribution in [0.25, 0.3) is 0 Å². The summed E-state index contributed by atoms with van der Waals surface area (Å²) in [5, 5.41) is 9.24. The minimum absolute atomic E-state index is 0.0529. The van der Waals surface area contributed by atoms with E-state index in [0.717, 1.165) is 12.2 Å². The second-order valence-corrected chi connectivity index (χ2v) is 7.03. The van der Waals surface area contributed by atoms with E-state index < -0.39 is 0 Å². The number of carbonyl (C=O) groups excluding carboxylic acids is 1.